The highest BCUT2D eigenvalue weighted by Crippen LogP contribution is 2.23. The molecule has 2 aromatic rings. The van der Waals surface area contributed by atoms with Crippen LogP contribution in [0, 0.1) is 10.1 Å². The standard InChI is InChI=1S/C17H17ClN2O4/c1-19(10-12-3-5-13(6-4-12)17(21)24-2)11-14-9-15(20(22)23)7-8-16(14)18/h3-9H,10-11H2,1-2H3. The second kappa shape index (κ2) is 7.90. The molecule has 0 heterocycles. The van der Waals surface area contributed by atoms with Crippen molar-refractivity contribution in [1.82, 2.24) is 4.90 Å². The maximum absolute atomic E-state index is 11.4. The van der Waals surface area contributed by atoms with Crippen LogP contribution in [-0.2, 0) is 17.8 Å². The quantitative estimate of drug-likeness (QED) is 0.452. The van der Waals surface area contributed by atoms with Crippen LogP contribution in [0.25, 0.3) is 0 Å². The minimum Gasteiger partial charge on any atom is -0.465 e. The summed E-state index contributed by atoms with van der Waals surface area (Å²) in [5, 5.41) is 11.4. The van der Waals surface area contributed by atoms with Gasteiger partial charge in [0.2, 0.25) is 0 Å². The van der Waals surface area contributed by atoms with Crippen LogP contribution in [0.5, 0.6) is 0 Å². The Morgan fingerprint density at radius 3 is 2.46 bits per heavy atom. The monoisotopic (exact) mass is 348 g/mol. The van der Waals surface area contributed by atoms with E-state index < -0.39 is 4.92 Å². The zero-order valence-electron chi connectivity index (χ0n) is 13.4. The number of non-ortho nitro benzene ring substituents is 1. The Bertz CT molecular complexity index is 747. The van der Waals surface area contributed by atoms with E-state index in [9.17, 15) is 14.9 Å². The van der Waals surface area contributed by atoms with Crippen molar-refractivity contribution in [1.29, 1.82) is 0 Å². The Hall–Kier alpha value is -2.44. The number of carbonyl (C=O) groups is 1. The van der Waals surface area contributed by atoms with Crippen molar-refractivity contribution < 1.29 is 14.5 Å². The van der Waals surface area contributed by atoms with Crippen molar-refractivity contribution in [3.05, 3.63) is 74.3 Å². The van der Waals surface area contributed by atoms with Crippen LogP contribution in [0.3, 0.4) is 0 Å². The SMILES string of the molecule is COC(=O)c1ccc(CN(C)Cc2cc([N+](=O)[O-])ccc2Cl)cc1. The molecule has 0 saturated carbocycles. The molecule has 7 heteroatoms. The van der Waals surface area contributed by atoms with Gasteiger partial charge in [-0.05, 0) is 36.4 Å². The second-order valence-corrected chi connectivity index (χ2v) is 5.80. The summed E-state index contributed by atoms with van der Waals surface area (Å²) >= 11 is 6.12. The largest absolute Gasteiger partial charge is 0.465 e. The van der Waals surface area contributed by atoms with Gasteiger partial charge in [-0.15, -0.1) is 0 Å². The molecule has 0 spiro atoms. The molecular formula is C17H17ClN2O4. The first-order valence-electron chi connectivity index (χ1n) is 7.19. The number of halogens is 1. The third-order valence-electron chi connectivity index (χ3n) is 3.51. The van der Waals surface area contributed by atoms with E-state index >= 15 is 0 Å². The number of nitrogens with zero attached hydrogens (tertiary/aromatic N) is 2. The Morgan fingerprint density at radius 1 is 1.21 bits per heavy atom. The van der Waals surface area contributed by atoms with Gasteiger partial charge in [0.15, 0.2) is 0 Å². The van der Waals surface area contributed by atoms with Crippen LogP contribution in [0.4, 0.5) is 5.69 Å². The number of methoxy groups -OCH3 is 1. The van der Waals surface area contributed by atoms with Gasteiger partial charge in [0.1, 0.15) is 0 Å². The summed E-state index contributed by atoms with van der Waals surface area (Å²) in [7, 11) is 3.23. The topological polar surface area (TPSA) is 72.7 Å². The molecule has 0 aromatic heterocycles. The molecule has 0 bridgehead atoms. The molecule has 0 aliphatic rings. The van der Waals surface area contributed by atoms with Gasteiger partial charge >= 0.3 is 5.97 Å². The van der Waals surface area contributed by atoms with Gasteiger partial charge in [-0.2, -0.15) is 0 Å². The van der Waals surface area contributed by atoms with Crippen LogP contribution < -0.4 is 0 Å². The van der Waals surface area contributed by atoms with Gasteiger partial charge in [-0.3, -0.25) is 15.0 Å². The summed E-state index contributed by atoms with van der Waals surface area (Å²) in [5.41, 5.74) is 2.21. The maximum Gasteiger partial charge on any atom is 0.337 e. The summed E-state index contributed by atoms with van der Waals surface area (Å²) in [5.74, 6) is -0.377. The van der Waals surface area contributed by atoms with Gasteiger partial charge in [-0.1, -0.05) is 23.7 Å². The Balaban J connectivity index is 2.05. The lowest BCUT2D eigenvalue weighted by Crippen LogP contribution is -2.17. The van der Waals surface area contributed by atoms with Gasteiger partial charge in [0.25, 0.3) is 5.69 Å². The number of hydrogen-bond acceptors (Lipinski definition) is 5. The van der Waals surface area contributed by atoms with Crippen LogP contribution in [-0.4, -0.2) is 29.9 Å². The number of ether oxygens (including phenoxy) is 1. The summed E-state index contributed by atoms with van der Waals surface area (Å²) in [6, 6.07) is 11.5. The molecule has 0 N–H and O–H groups in total. The first kappa shape index (κ1) is 17.9. The number of benzene rings is 2. The van der Waals surface area contributed by atoms with Crippen molar-refractivity contribution in [3.63, 3.8) is 0 Å². The highest BCUT2D eigenvalue weighted by molar-refractivity contribution is 6.31. The third-order valence-corrected chi connectivity index (χ3v) is 3.88. The Labute approximate surface area is 144 Å². The first-order valence-corrected chi connectivity index (χ1v) is 7.57. The Morgan fingerprint density at radius 2 is 1.88 bits per heavy atom. The maximum atomic E-state index is 11.4. The normalized spacial score (nSPS) is 10.7. The molecule has 0 amide bonds. The fourth-order valence-corrected chi connectivity index (χ4v) is 2.50. The average molecular weight is 349 g/mol. The van der Waals surface area contributed by atoms with Crippen molar-refractivity contribution in [2.75, 3.05) is 14.2 Å². The molecule has 0 radical (unpaired) electrons. The minimum absolute atomic E-state index is 0.0187. The molecule has 0 aliphatic carbocycles. The predicted octanol–water partition coefficient (Wildman–Crippen LogP) is 3.67. The molecule has 0 saturated heterocycles. The number of esters is 1. The van der Waals surface area contributed by atoms with Crippen molar-refractivity contribution in [3.8, 4) is 0 Å². The molecule has 0 aliphatic heterocycles. The molecule has 2 rings (SSSR count). The smallest absolute Gasteiger partial charge is 0.337 e. The summed E-state index contributed by atoms with van der Waals surface area (Å²) in [4.78, 5) is 23.8. The summed E-state index contributed by atoms with van der Waals surface area (Å²) in [6.07, 6.45) is 0. The van der Waals surface area contributed by atoms with E-state index in [1.54, 1.807) is 12.1 Å². The van der Waals surface area contributed by atoms with Crippen molar-refractivity contribution in [2.45, 2.75) is 13.1 Å². The lowest BCUT2D eigenvalue weighted by molar-refractivity contribution is -0.384. The van der Waals surface area contributed by atoms with Crippen molar-refractivity contribution >= 4 is 23.3 Å². The van der Waals surface area contributed by atoms with Crippen molar-refractivity contribution in [2.24, 2.45) is 0 Å². The number of carbonyl (C=O) groups excluding carboxylic acids is 1. The lowest BCUT2D eigenvalue weighted by atomic mass is 10.1. The molecule has 126 valence electrons. The third kappa shape index (κ3) is 4.53. The molecule has 0 fully saturated rings. The highest BCUT2D eigenvalue weighted by Gasteiger charge is 2.12. The highest BCUT2D eigenvalue weighted by atomic mass is 35.5. The van der Waals surface area contributed by atoms with Gasteiger partial charge in [0.05, 0.1) is 17.6 Å². The predicted molar refractivity (Wildman–Crippen MR) is 91.1 cm³/mol. The molecule has 0 atom stereocenters. The van der Waals surface area contributed by atoms with E-state index in [0.29, 0.717) is 29.2 Å². The fourth-order valence-electron chi connectivity index (χ4n) is 2.32. The van der Waals surface area contributed by atoms with Crippen LogP contribution >= 0.6 is 11.6 Å². The van der Waals surface area contributed by atoms with E-state index in [1.807, 2.05) is 24.1 Å². The molecule has 2 aromatic carbocycles. The minimum atomic E-state index is -0.439. The summed E-state index contributed by atoms with van der Waals surface area (Å²) < 4.78 is 4.66. The lowest BCUT2D eigenvalue weighted by Gasteiger charge is -2.17. The first-order chi connectivity index (χ1) is 11.4. The van der Waals surface area contributed by atoms with Gasteiger partial charge in [-0.25, -0.2) is 4.79 Å². The fraction of sp³-hybridized carbons (Fsp3) is 0.235. The van der Waals surface area contributed by atoms with Gasteiger partial charge in [0, 0.05) is 30.2 Å². The second-order valence-electron chi connectivity index (χ2n) is 5.39. The molecule has 6 nitrogen and oxygen atoms in total. The average Bonchev–Trinajstić information content (AvgIpc) is 2.56. The summed E-state index contributed by atoms with van der Waals surface area (Å²) in [6.45, 7) is 1.08. The molecule has 0 unspecified atom stereocenters. The van der Waals surface area contributed by atoms with E-state index in [0.717, 1.165) is 5.56 Å². The van der Waals surface area contributed by atoms with Crippen LogP contribution in [0.1, 0.15) is 21.5 Å². The van der Waals surface area contributed by atoms with E-state index in [-0.39, 0.29) is 11.7 Å². The van der Waals surface area contributed by atoms with Crippen LogP contribution in [0.2, 0.25) is 5.02 Å². The van der Waals surface area contributed by atoms with E-state index in [4.69, 9.17) is 11.6 Å². The van der Waals surface area contributed by atoms with Crippen LogP contribution in [0.15, 0.2) is 42.5 Å². The number of nitro groups is 1. The zero-order chi connectivity index (χ0) is 17.7. The Kier molecular flexibility index (Phi) is 5.89. The number of nitro benzene ring substituents is 1. The van der Waals surface area contributed by atoms with E-state index in [1.165, 1.54) is 25.3 Å². The number of hydrogen-bond donors (Lipinski definition) is 0. The molecule has 24 heavy (non-hydrogen) atoms. The number of rotatable bonds is 6. The zero-order valence-corrected chi connectivity index (χ0v) is 14.1. The molecular weight excluding hydrogens is 332 g/mol. The van der Waals surface area contributed by atoms with Gasteiger partial charge < -0.3 is 4.74 Å². The van der Waals surface area contributed by atoms with E-state index in [2.05, 4.69) is 4.74 Å².